The molecule has 1 atom stereocenters. The minimum absolute atomic E-state index is 0.413. The van der Waals surface area contributed by atoms with Crippen molar-refractivity contribution >= 4 is 11.6 Å². The van der Waals surface area contributed by atoms with Gasteiger partial charge in [0.1, 0.15) is 0 Å². The fourth-order valence-electron chi connectivity index (χ4n) is 2.32. The highest BCUT2D eigenvalue weighted by molar-refractivity contribution is 6.31. The summed E-state index contributed by atoms with van der Waals surface area (Å²) in [6.07, 6.45) is 1.01. The van der Waals surface area contributed by atoms with Gasteiger partial charge in [-0.3, -0.25) is 0 Å². The van der Waals surface area contributed by atoms with E-state index in [9.17, 15) is 0 Å². The summed E-state index contributed by atoms with van der Waals surface area (Å²) in [7, 11) is 0. The highest BCUT2D eigenvalue weighted by Crippen LogP contribution is 2.27. The molecule has 0 radical (unpaired) electrons. The third kappa shape index (κ3) is 4.09. The summed E-state index contributed by atoms with van der Waals surface area (Å²) < 4.78 is 0. The van der Waals surface area contributed by atoms with Crippen molar-refractivity contribution in [2.24, 2.45) is 0 Å². The number of likely N-dealkylation sites (N-methyl/N-ethyl adjacent to an activating group) is 1. The fraction of sp³-hybridized carbons (Fsp3) is 0.294. The molecule has 19 heavy (non-hydrogen) atoms. The van der Waals surface area contributed by atoms with Crippen molar-refractivity contribution < 1.29 is 0 Å². The lowest BCUT2D eigenvalue weighted by molar-refractivity contribution is 0.595. The van der Waals surface area contributed by atoms with Gasteiger partial charge in [0.25, 0.3) is 0 Å². The molecule has 100 valence electrons. The van der Waals surface area contributed by atoms with E-state index in [0.717, 1.165) is 24.5 Å². The fourth-order valence-corrected chi connectivity index (χ4v) is 2.61. The molecule has 0 aromatic heterocycles. The number of halogens is 1. The second kappa shape index (κ2) is 7.32. The topological polar surface area (TPSA) is 12.0 Å². The van der Waals surface area contributed by atoms with Crippen LogP contribution >= 0.6 is 11.6 Å². The molecule has 1 unspecified atom stereocenters. The van der Waals surface area contributed by atoms with E-state index in [0.29, 0.717) is 5.92 Å². The first-order valence-electron chi connectivity index (χ1n) is 6.80. The lowest BCUT2D eigenvalue weighted by Crippen LogP contribution is -2.22. The SMILES string of the molecule is CCNCC(Cc1ccccc1)c1ccccc1Cl. The maximum Gasteiger partial charge on any atom is 0.0441 e. The molecular weight excluding hydrogens is 254 g/mol. The van der Waals surface area contributed by atoms with Crippen molar-refractivity contribution in [3.63, 3.8) is 0 Å². The third-order valence-corrected chi connectivity index (χ3v) is 3.65. The van der Waals surface area contributed by atoms with Gasteiger partial charge in [-0.05, 0) is 30.2 Å². The number of benzene rings is 2. The molecule has 0 heterocycles. The Kier molecular flexibility index (Phi) is 5.44. The lowest BCUT2D eigenvalue weighted by Gasteiger charge is -2.19. The van der Waals surface area contributed by atoms with E-state index in [2.05, 4.69) is 54.7 Å². The normalized spacial score (nSPS) is 12.3. The highest BCUT2D eigenvalue weighted by atomic mass is 35.5. The molecule has 2 rings (SSSR count). The van der Waals surface area contributed by atoms with Crippen molar-refractivity contribution in [3.05, 3.63) is 70.7 Å². The van der Waals surface area contributed by atoms with Gasteiger partial charge in [0.05, 0.1) is 0 Å². The van der Waals surface area contributed by atoms with Crippen LogP contribution in [0.1, 0.15) is 24.0 Å². The smallest absolute Gasteiger partial charge is 0.0441 e. The molecule has 0 saturated carbocycles. The van der Waals surface area contributed by atoms with Gasteiger partial charge in [0, 0.05) is 17.5 Å². The van der Waals surface area contributed by atoms with E-state index >= 15 is 0 Å². The Morgan fingerprint density at radius 1 is 1.00 bits per heavy atom. The first-order chi connectivity index (χ1) is 9.31. The van der Waals surface area contributed by atoms with Crippen molar-refractivity contribution in [2.45, 2.75) is 19.3 Å². The quantitative estimate of drug-likeness (QED) is 0.829. The standard InChI is InChI=1S/C17H20ClN/c1-2-19-13-15(12-14-8-4-3-5-9-14)16-10-6-7-11-17(16)18/h3-11,15,19H,2,12-13H2,1H3. The van der Waals surface area contributed by atoms with Crippen LogP contribution in [-0.4, -0.2) is 13.1 Å². The number of hydrogen-bond acceptors (Lipinski definition) is 1. The average Bonchev–Trinajstić information content (AvgIpc) is 2.45. The van der Waals surface area contributed by atoms with E-state index in [4.69, 9.17) is 11.6 Å². The Morgan fingerprint density at radius 2 is 1.68 bits per heavy atom. The van der Waals surface area contributed by atoms with Crippen molar-refractivity contribution in [1.29, 1.82) is 0 Å². The van der Waals surface area contributed by atoms with Crippen LogP contribution in [0.3, 0.4) is 0 Å². The zero-order valence-corrected chi connectivity index (χ0v) is 12.0. The Bertz CT molecular complexity index is 496. The van der Waals surface area contributed by atoms with E-state index in [1.165, 1.54) is 11.1 Å². The van der Waals surface area contributed by atoms with Gasteiger partial charge in [-0.2, -0.15) is 0 Å². The molecule has 0 aliphatic heterocycles. The maximum atomic E-state index is 6.34. The molecular formula is C17H20ClN. The number of rotatable bonds is 6. The van der Waals surface area contributed by atoms with Gasteiger partial charge in [-0.15, -0.1) is 0 Å². The Hall–Kier alpha value is -1.31. The minimum Gasteiger partial charge on any atom is -0.316 e. The Balaban J connectivity index is 2.19. The van der Waals surface area contributed by atoms with Crippen LogP contribution in [0.15, 0.2) is 54.6 Å². The number of nitrogens with one attached hydrogen (secondary N) is 1. The molecule has 0 saturated heterocycles. The molecule has 0 spiro atoms. The van der Waals surface area contributed by atoms with Crippen molar-refractivity contribution in [3.8, 4) is 0 Å². The summed E-state index contributed by atoms with van der Waals surface area (Å²) in [6.45, 7) is 4.07. The van der Waals surface area contributed by atoms with E-state index in [1.807, 2.05) is 12.1 Å². The average molecular weight is 274 g/mol. The summed E-state index contributed by atoms with van der Waals surface area (Å²) in [5.74, 6) is 0.413. The molecule has 2 aromatic rings. The first kappa shape index (κ1) is 14.1. The molecule has 0 amide bonds. The van der Waals surface area contributed by atoms with Crippen LogP contribution < -0.4 is 5.32 Å². The monoisotopic (exact) mass is 273 g/mol. The second-order valence-electron chi connectivity index (χ2n) is 4.72. The van der Waals surface area contributed by atoms with Crippen LogP contribution in [0, 0.1) is 0 Å². The molecule has 0 bridgehead atoms. The maximum absolute atomic E-state index is 6.34. The predicted molar refractivity (Wildman–Crippen MR) is 82.9 cm³/mol. The van der Waals surface area contributed by atoms with Gasteiger partial charge in [0.2, 0.25) is 0 Å². The molecule has 2 heteroatoms. The summed E-state index contributed by atoms with van der Waals surface area (Å²) in [6, 6.07) is 18.7. The molecule has 0 aliphatic carbocycles. The summed E-state index contributed by atoms with van der Waals surface area (Å²) in [5.41, 5.74) is 2.58. The van der Waals surface area contributed by atoms with Gasteiger partial charge in [0.15, 0.2) is 0 Å². The van der Waals surface area contributed by atoms with Crippen molar-refractivity contribution in [2.75, 3.05) is 13.1 Å². The Labute approximate surface area is 120 Å². The van der Waals surface area contributed by atoms with Crippen molar-refractivity contribution in [1.82, 2.24) is 5.32 Å². The van der Waals surface area contributed by atoms with Crippen LogP contribution in [0.4, 0.5) is 0 Å². The van der Waals surface area contributed by atoms with Gasteiger partial charge in [-0.1, -0.05) is 67.1 Å². The van der Waals surface area contributed by atoms with E-state index in [1.54, 1.807) is 0 Å². The molecule has 2 aromatic carbocycles. The molecule has 0 aliphatic rings. The lowest BCUT2D eigenvalue weighted by atomic mass is 9.92. The van der Waals surface area contributed by atoms with E-state index in [-0.39, 0.29) is 0 Å². The largest absolute Gasteiger partial charge is 0.316 e. The summed E-state index contributed by atoms with van der Waals surface area (Å²) in [4.78, 5) is 0. The molecule has 1 nitrogen and oxygen atoms in total. The second-order valence-corrected chi connectivity index (χ2v) is 5.12. The van der Waals surface area contributed by atoms with Gasteiger partial charge >= 0.3 is 0 Å². The first-order valence-corrected chi connectivity index (χ1v) is 7.18. The zero-order valence-electron chi connectivity index (χ0n) is 11.3. The van der Waals surface area contributed by atoms with Crippen LogP contribution in [0.5, 0.6) is 0 Å². The Morgan fingerprint density at radius 3 is 2.37 bits per heavy atom. The molecule has 1 N–H and O–H groups in total. The van der Waals surface area contributed by atoms with E-state index < -0.39 is 0 Å². The third-order valence-electron chi connectivity index (χ3n) is 3.31. The zero-order chi connectivity index (χ0) is 13.5. The van der Waals surface area contributed by atoms with Crippen LogP contribution in [-0.2, 0) is 6.42 Å². The highest BCUT2D eigenvalue weighted by Gasteiger charge is 2.14. The van der Waals surface area contributed by atoms with Crippen LogP contribution in [0.25, 0.3) is 0 Å². The van der Waals surface area contributed by atoms with Gasteiger partial charge < -0.3 is 5.32 Å². The number of hydrogen-bond donors (Lipinski definition) is 1. The van der Waals surface area contributed by atoms with Crippen LogP contribution in [0.2, 0.25) is 5.02 Å². The predicted octanol–water partition coefficient (Wildman–Crippen LogP) is 4.28. The molecule has 0 fully saturated rings. The minimum atomic E-state index is 0.413. The summed E-state index contributed by atoms with van der Waals surface area (Å²) in [5, 5.41) is 4.30. The van der Waals surface area contributed by atoms with Gasteiger partial charge in [-0.25, -0.2) is 0 Å². The summed E-state index contributed by atoms with van der Waals surface area (Å²) >= 11 is 6.34.